The second kappa shape index (κ2) is 7.01. The Labute approximate surface area is 151 Å². The number of imidazole rings is 1. The van der Waals surface area contributed by atoms with Crippen LogP contribution >= 0.6 is 0 Å². The number of hydrogen-bond donors (Lipinski definition) is 3. The lowest BCUT2D eigenvalue weighted by atomic mass is 10.1. The minimum atomic E-state index is -0.601. The molecule has 2 amide bonds. The highest BCUT2D eigenvalue weighted by atomic mass is 16.3. The van der Waals surface area contributed by atoms with Crippen LogP contribution in [0.2, 0.25) is 0 Å². The molecule has 0 bridgehead atoms. The number of carbonyl (C=O) groups is 1. The van der Waals surface area contributed by atoms with Crippen molar-refractivity contribution in [3.05, 3.63) is 83.9 Å². The van der Waals surface area contributed by atoms with Crippen LogP contribution in [0, 0.1) is 0 Å². The molecule has 0 unspecified atom stereocenters. The van der Waals surface area contributed by atoms with Crippen molar-refractivity contribution in [1.29, 1.82) is 0 Å². The van der Waals surface area contributed by atoms with E-state index in [9.17, 15) is 9.90 Å². The topological polar surface area (TPSA) is 79.2 Å². The van der Waals surface area contributed by atoms with Gasteiger partial charge in [0.25, 0.3) is 0 Å². The van der Waals surface area contributed by atoms with Gasteiger partial charge < -0.3 is 20.3 Å². The molecule has 0 saturated carbocycles. The Morgan fingerprint density at radius 3 is 2.77 bits per heavy atom. The van der Waals surface area contributed by atoms with Gasteiger partial charge in [0.05, 0.1) is 18.5 Å². The van der Waals surface area contributed by atoms with E-state index < -0.39 is 6.10 Å². The zero-order valence-electron chi connectivity index (χ0n) is 14.2. The fraction of sp³-hybridized carbons (Fsp3) is 0.200. The lowest BCUT2D eigenvalue weighted by molar-refractivity contribution is 0.144. The molecule has 6 nitrogen and oxygen atoms in total. The molecule has 0 fully saturated rings. The van der Waals surface area contributed by atoms with Crippen molar-refractivity contribution in [1.82, 2.24) is 14.9 Å². The fourth-order valence-electron chi connectivity index (χ4n) is 3.34. The molecule has 0 spiro atoms. The van der Waals surface area contributed by atoms with Gasteiger partial charge in [-0.05, 0) is 28.8 Å². The second-order valence-electron chi connectivity index (χ2n) is 6.48. The SMILES string of the molecule is O=C(Nc1ccc(Cn2ccnc2)cc1)N[C@@H]1c2ccccc2C[C@@H]1O. The average molecular weight is 348 g/mol. The largest absolute Gasteiger partial charge is 0.390 e. The highest BCUT2D eigenvalue weighted by molar-refractivity contribution is 5.89. The first-order valence-electron chi connectivity index (χ1n) is 8.57. The van der Waals surface area contributed by atoms with E-state index in [1.165, 1.54) is 0 Å². The van der Waals surface area contributed by atoms with Crippen LogP contribution in [-0.2, 0) is 13.0 Å². The quantitative estimate of drug-likeness (QED) is 0.678. The summed E-state index contributed by atoms with van der Waals surface area (Å²) >= 11 is 0. The van der Waals surface area contributed by atoms with Crippen molar-refractivity contribution in [3.8, 4) is 0 Å². The average Bonchev–Trinajstić information content (AvgIpc) is 3.25. The van der Waals surface area contributed by atoms with Crippen molar-refractivity contribution in [2.24, 2.45) is 0 Å². The summed E-state index contributed by atoms with van der Waals surface area (Å²) in [6.45, 7) is 0.734. The van der Waals surface area contributed by atoms with E-state index in [2.05, 4.69) is 15.6 Å². The Bertz CT molecular complexity index is 890. The molecular weight excluding hydrogens is 328 g/mol. The Kier molecular flexibility index (Phi) is 4.41. The molecule has 1 aromatic heterocycles. The molecule has 0 radical (unpaired) electrons. The van der Waals surface area contributed by atoms with Crippen molar-refractivity contribution in [2.75, 3.05) is 5.32 Å². The van der Waals surface area contributed by atoms with Gasteiger partial charge in [0.15, 0.2) is 0 Å². The molecule has 1 aliphatic carbocycles. The van der Waals surface area contributed by atoms with Gasteiger partial charge in [-0.2, -0.15) is 0 Å². The molecule has 2 aromatic carbocycles. The van der Waals surface area contributed by atoms with E-state index in [0.717, 1.165) is 23.2 Å². The molecule has 6 heteroatoms. The first-order chi connectivity index (χ1) is 12.7. The van der Waals surface area contributed by atoms with Crippen LogP contribution in [0.15, 0.2) is 67.3 Å². The van der Waals surface area contributed by atoms with Crippen LogP contribution in [0.5, 0.6) is 0 Å². The molecule has 2 atom stereocenters. The number of hydrogen-bond acceptors (Lipinski definition) is 3. The molecule has 4 rings (SSSR count). The number of anilines is 1. The van der Waals surface area contributed by atoms with E-state index in [-0.39, 0.29) is 12.1 Å². The van der Waals surface area contributed by atoms with E-state index in [1.54, 1.807) is 12.5 Å². The summed E-state index contributed by atoms with van der Waals surface area (Å²) < 4.78 is 1.98. The summed E-state index contributed by atoms with van der Waals surface area (Å²) in [7, 11) is 0. The zero-order chi connectivity index (χ0) is 17.9. The number of aliphatic hydroxyl groups is 1. The Hall–Kier alpha value is -3.12. The Morgan fingerprint density at radius 2 is 2.00 bits per heavy atom. The molecule has 3 aromatic rings. The van der Waals surface area contributed by atoms with Gasteiger partial charge in [0, 0.05) is 31.0 Å². The maximum Gasteiger partial charge on any atom is 0.319 e. The Balaban J connectivity index is 1.38. The highest BCUT2D eigenvalue weighted by Crippen LogP contribution is 2.31. The van der Waals surface area contributed by atoms with E-state index >= 15 is 0 Å². The summed E-state index contributed by atoms with van der Waals surface area (Å²) in [6.07, 6.45) is 5.38. The molecule has 1 aliphatic rings. The van der Waals surface area contributed by atoms with Crippen LogP contribution < -0.4 is 10.6 Å². The summed E-state index contributed by atoms with van der Waals surface area (Å²) in [5.74, 6) is 0. The maximum atomic E-state index is 12.3. The predicted molar refractivity (Wildman–Crippen MR) is 98.8 cm³/mol. The molecule has 1 heterocycles. The van der Waals surface area contributed by atoms with Gasteiger partial charge in [-0.3, -0.25) is 0 Å². The van der Waals surface area contributed by atoms with Crippen molar-refractivity contribution < 1.29 is 9.90 Å². The van der Waals surface area contributed by atoms with Gasteiger partial charge in [-0.25, -0.2) is 9.78 Å². The third kappa shape index (κ3) is 3.45. The first-order valence-corrected chi connectivity index (χ1v) is 8.57. The standard InChI is InChI=1S/C20H20N4O2/c25-18-11-15-3-1-2-4-17(15)19(18)23-20(26)22-16-7-5-14(6-8-16)12-24-10-9-21-13-24/h1-10,13,18-19,25H,11-12H2,(H2,22,23,26)/t18-,19+/m0/s1. The van der Waals surface area contributed by atoms with Crippen molar-refractivity contribution in [2.45, 2.75) is 25.1 Å². The number of benzene rings is 2. The Morgan fingerprint density at radius 1 is 1.19 bits per heavy atom. The summed E-state index contributed by atoms with van der Waals surface area (Å²) in [6, 6.07) is 14.8. The van der Waals surface area contributed by atoms with E-state index in [1.807, 2.05) is 59.3 Å². The normalized spacial score (nSPS) is 18.3. The lowest BCUT2D eigenvalue weighted by Crippen LogP contribution is -2.36. The van der Waals surface area contributed by atoms with Crippen molar-refractivity contribution >= 4 is 11.7 Å². The first kappa shape index (κ1) is 16.4. The van der Waals surface area contributed by atoms with E-state index in [0.29, 0.717) is 12.1 Å². The minimum Gasteiger partial charge on any atom is -0.390 e. The lowest BCUT2D eigenvalue weighted by Gasteiger charge is -2.18. The molecular formula is C20H20N4O2. The summed E-state index contributed by atoms with van der Waals surface area (Å²) in [4.78, 5) is 16.3. The number of rotatable bonds is 4. The number of aromatic nitrogens is 2. The zero-order valence-corrected chi connectivity index (χ0v) is 14.2. The van der Waals surface area contributed by atoms with Gasteiger partial charge in [-0.15, -0.1) is 0 Å². The van der Waals surface area contributed by atoms with Crippen LogP contribution in [0.3, 0.4) is 0 Å². The minimum absolute atomic E-state index is 0.326. The van der Waals surface area contributed by atoms with Crippen LogP contribution in [-0.4, -0.2) is 26.8 Å². The second-order valence-corrected chi connectivity index (χ2v) is 6.48. The number of fused-ring (bicyclic) bond motifs is 1. The molecule has 132 valence electrons. The molecule has 0 aliphatic heterocycles. The van der Waals surface area contributed by atoms with Crippen molar-refractivity contribution in [3.63, 3.8) is 0 Å². The molecule has 0 saturated heterocycles. The smallest absolute Gasteiger partial charge is 0.319 e. The summed E-state index contributed by atoms with van der Waals surface area (Å²) in [5.41, 5.74) is 3.88. The van der Waals surface area contributed by atoms with Crippen LogP contribution in [0.25, 0.3) is 0 Å². The number of amides is 2. The number of nitrogens with one attached hydrogen (secondary N) is 2. The summed E-state index contributed by atoms with van der Waals surface area (Å²) in [5, 5.41) is 15.9. The highest BCUT2D eigenvalue weighted by Gasteiger charge is 2.31. The van der Waals surface area contributed by atoms with Gasteiger partial charge in [0.2, 0.25) is 0 Å². The number of aliphatic hydroxyl groups excluding tert-OH is 1. The van der Waals surface area contributed by atoms with Gasteiger partial charge in [-0.1, -0.05) is 36.4 Å². The molecule has 26 heavy (non-hydrogen) atoms. The number of urea groups is 1. The molecule has 3 N–H and O–H groups in total. The van der Waals surface area contributed by atoms with Gasteiger partial charge in [0.1, 0.15) is 0 Å². The third-order valence-corrected chi connectivity index (χ3v) is 4.63. The predicted octanol–water partition coefficient (Wildman–Crippen LogP) is 2.71. The third-order valence-electron chi connectivity index (χ3n) is 4.63. The number of carbonyl (C=O) groups excluding carboxylic acids is 1. The number of nitrogens with zero attached hydrogens (tertiary/aromatic N) is 2. The van der Waals surface area contributed by atoms with E-state index in [4.69, 9.17) is 0 Å². The van der Waals surface area contributed by atoms with Crippen LogP contribution in [0.1, 0.15) is 22.7 Å². The fourth-order valence-corrected chi connectivity index (χ4v) is 3.34. The maximum absolute atomic E-state index is 12.3. The van der Waals surface area contributed by atoms with Crippen LogP contribution in [0.4, 0.5) is 10.5 Å². The van der Waals surface area contributed by atoms with Gasteiger partial charge >= 0.3 is 6.03 Å². The monoisotopic (exact) mass is 348 g/mol.